The van der Waals surface area contributed by atoms with Crippen molar-refractivity contribution in [2.75, 3.05) is 0 Å². The molecule has 0 aliphatic rings. The maximum Gasteiger partial charge on any atom is 0.269 e. The molecule has 0 atom stereocenters. The summed E-state index contributed by atoms with van der Waals surface area (Å²) in [5, 5.41) is 29.0. The summed E-state index contributed by atoms with van der Waals surface area (Å²) in [5.41, 5.74) is 6.36. The van der Waals surface area contributed by atoms with Crippen LogP contribution in [0.5, 0.6) is 0 Å². The van der Waals surface area contributed by atoms with Gasteiger partial charge < -0.3 is 0 Å². The summed E-state index contributed by atoms with van der Waals surface area (Å²) in [4.78, 5) is 20.1. The molecule has 0 saturated carbocycles. The summed E-state index contributed by atoms with van der Waals surface area (Å²) in [6, 6.07) is 11.7. The third-order valence-electron chi connectivity index (χ3n) is 2.97. The number of nitro groups is 2. The van der Waals surface area contributed by atoms with Crippen LogP contribution in [0.25, 0.3) is 0 Å². The Morgan fingerprint density at radius 2 is 1.15 bits per heavy atom. The van der Waals surface area contributed by atoms with Crippen LogP contribution in [0.15, 0.2) is 58.7 Å². The van der Waals surface area contributed by atoms with Crippen LogP contribution in [-0.2, 0) is 0 Å². The molecule has 0 saturated heterocycles. The predicted molar refractivity (Wildman–Crippen MR) is 100 cm³/mol. The Bertz CT molecular complexity index is 793. The third-order valence-corrected chi connectivity index (χ3v) is 3.15. The third kappa shape index (κ3) is 5.72. The second-order valence-corrected chi connectivity index (χ2v) is 5.17. The van der Waals surface area contributed by atoms with Gasteiger partial charge in [-0.1, -0.05) is 0 Å². The highest BCUT2D eigenvalue weighted by Gasteiger charge is 2.03. The summed E-state index contributed by atoms with van der Waals surface area (Å²) in [7, 11) is 0. The smallest absolute Gasteiger partial charge is 0.258 e. The van der Waals surface area contributed by atoms with E-state index in [2.05, 4.69) is 21.1 Å². The highest BCUT2D eigenvalue weighted by atomic mass is 32.1. The zero-order chi connectivity index (χ0) is 18.9. The average molecular weight is 372 g/mol. The van der Waals surface area contributed by atoms with Crippen LogP contribution in [0.1, 0.15) is 11.1 Å². The lowest BCUT2D eigenvalue weighted by Crippen LogP contribution is -2.28. The van der Waals surface area contributed by atoms with Crippen molar-refractivity contribution in [3.63, 3.8) is 0 Å². The highest BCUT2D eigenvalue weighted by molar-refractivity contribution is 7.80. The number of hydrogen-bond acceptors (Lipinski definition) is 7. The first-order chi connectivity index (χ1) is 12.5. The Labute approximate surface area is 152 Å². The number of benzene rings is 2. The van der Waals surface area contributed by atoms with Crippen molar-refractivity contribution in [2.45, 2.75) is 0 Å². The quantitative estimate of drug-likeness (QED) is 0.344. The maximum atomic E-state index is 10.6. The summed E-state index contributed by atoms with van der Waals surface area (Å²) in [5.74, 6) is 0. The van der Waals surface area contributed by atoms with Gasteiger partial charge in [0.05, 0.1) is 22.3 Å². The summed E-state index contributed by atoms with van der Waals surface area (Å²) in [6.45, 7) is 0. The normalized spacial score (nSPS) is 10.8. The number of hydrazone groups is 2. The molecule has 0 spiro atoms. The second kappa shape index (κ2) is 8.94. The van der Waals surface area contributed by atoms with Gasteiger partial charge in [-0.2, -0.15) is 10.2 Å². The number of nitrogens with zero attached hydrogens (tertiary/aromatic N) is 4. The molecule has 2 N–H and O–H groups in total. The SMILES string of the molecule is O=[N+]([O-])c1ccc(/C=N\NC(=S)N/N=C/c2ccc([N+](=O)[O-])cc2)cc1. The van der Waals surface area contributed by atoms with E-state index in [1.165, 1.54) is 36.7 Å². The number of nitrogens with one attached hydrogen (secondary N) is 2. The standard InChI is InChI=1S/C15H12N6O4S/c22-20(23)13-5-1-11(2-6-13)9-16-18-15(26)19-17-10-12-3-7-14(8-4-12)21(24)25/h1-10H,(H2,18,19,26)/b16-9-,17-10+. The molecule has 0 aliphatic heterocycles. The molecule has 0 radical (unpaired) electrons. The van der Waals surface area contributed by atoms with Gasteiger partial charge in [0.1, 0.15) is 0 Å². The molecule has 11 heteroatoms. The zero-order valence-electron chi connectivity index (χ0n) is 13.1. The zero-order valence-corrected chi connectivity index (χ0v) is 13.9. The molecule has 2 rings (SSSR count). The van der Waals surface area contributed by atoms with Crippen molar-refractivity contribution in [3.8, 4) is 0 Å². The van der Waals surface area contributed by atoms with Gasteiger partial charge in [0.15, 0.2) is 0 Å². The lowest BCUT2D eigenvalue weighted by molar-refractivity contribution is -0.385. The maximum absolute atomic E-state index is 10.6. The fraction of sp³-hybridized carbons (Fsp3) is 0. The predicted octanol–water partition coefficient (Wildman–Crippen LogP) is 2.34. The van der Waals surface area contributed by atoms with E-state index in [4.69, 9.17) is 12.2 Å². The minimum absolute atomic E-state index is 0.00659. The van der Waals surface area contributed by atoms with E-state index < -0.39 is 9.85 Å². The molecule has 2 aromatic rings. The lowest BCUT2D eigenvalue weighted by atomic mass is 10.2. The Balaban J connectivity index is 1.81. The van der Waals surface area contributed by atoms with Crippen molar-refractivity contribution in [1.82, 2.24) is 10.9 Å². The van der Waals surface area contributed by atoms with Crippen LogP contribution in [0.2, 0.25) is 0 Å². The van der Waals surface area contributed by atoms with Gasteiger partial charge in [-0.25, -0.2) is 0 Å². The van der Waals surface area contributed by atoms with Crippen molar-refractivity contribution in [2.24, 2.45) is 10.2 Å². The molecule has 0 fully saturated rings. The molecule has 132 valence electrons. The topological polar surface area (TPSA) is 135 Å². The number of rotatable bonds is 6. The van der Waals surface area contributed by atoms with Gasteiger partial charge in [-0.3, -0.25) is 31.1 Å². The minimum Gasteiger partial charge on any atom is -0.258 e. The van der Waals surface area contributed by atoms with Gasteiger partial charge in [-0.15, -0.1) is 0 Å². The Morgan fingerprint density at radius 3 is 1.46 bits per heavy atom. The lowest BCUT2D eigenvalue weighted by Gasteiger charge is -2.01. The summed E-state index contributed by atoms with van der Waals surface area (Å²) < 4.78 is 0. The average Bonchev–Trinajstić information content (AvgIpc) is 2.62. The number of thiocarbonyl (C=S) groups is 1. The molecular weight excluding hydrogens is 360 g/mol. The van der Waals surface area contributed by atoms with Gasteiger partial charge in [-0.05, 0) is 47.6 Å². The van der Waals surface area contributed by atoms with Crippen LogP contribution in [-0.4, -0.2) is 27.4 Å². The minimum atomic E-state index is -0.485. The van der Waals surface area contributed by atoms with Crippen LogP contribution < -0.4 is 10.9 Å². The van der Waals surface area contributed by atoms with Gasteiger partial charge in [0, 0.05) is 24.3 Å². The monoisotopic (exact) mass is 372 g/mol. The van der Waals surface area contributed by atoms with Crippen LogP contribution in [0.4, 0.5) is 11.4 Å². The van der Waals surface area contributed by atoms with Crippen molar-refractivity contribution in [3.05, 3.63) is 79.9 Å². The molecule has 0 bridgehead atoms. The molecule has 10 nitrogen and oxygen atoms in total. The molecule has 2 aromatic carbocycles. The molecular formula is C15H12N6O4S. The van der Waals surface area contributed by atoms with E-state index in [1.807, 2.05) is 0 Å². The van der Waals surface area contributed by atoms with E-state index in [-0.39, 0.29) is 16.5 Å². The Hall–Kier alpha value is -3.73. The first-order valence-corrected chi connectivity index (χ1v) is 7.47. The molecule has 0 heterocycles. The molecule has 0 unspecified atom stereocenters. The van der Waals surface area contributed by atoms with Crippen molar-refractivity contribution < 1.29 is 9.85 Å². The van der Waals surface area contributed by atoms with E-state index in [0.29, 0.717) is 11.1 Å². The van der Waals surface area contributed by atoms with E-state index in [1.54, 1.807) is 24.3 Å². The number of nitro benzene ring substituents is 2. The summed E-state index contributed by atoms with van der Waals surface area (Å²) in [6.07, 6.45) is 2.88. The summed E-state index contributed by atoms with van der Waals surface area (Å²) >= 11 is 4.97. The van der Waals surface area contributed by atoms with Crippen LogP contribution in [0, 0.1) is 20.2 Å². The van der Waals surface area contributed by atoms with Gasteiger partial charge in [0.25, 0.3) is 11.4 Å². The van der Waals surface area contributed by atoms with Crippen molar-refractivity contribution in [1.29, 1.82) is 0 Å². The first kappa shape index (κ1) is 18.6. The fourth-order valence-corrected chi connectivity index (χ4v) is 1.83. The first-order valence-electron chi connectivity index (χ1n) is 7.07. The van der Waals surface area contributed by atoms with Gasteiger partial charge in [0.2, 0.25) is 5.11 Å². The van der Waals surface area contributed by atoms with Crippen LogP contribution >= 0.6 is 12.2 Å². The van der Waals surface area contributed by atoms with E-state index >= 15 is 0 Å². The van der Waals surface area contributed by atoms with E-state index in [9.17, 15) is 20.2 Å². The van der Waals surface area contributed by atoms with Crippen LogP contribution in [0.3, 0.4) is 0 Å². The number of non-ortho nitro benzene ring substituents is 2. The molecule has 0 aliphatic carbocycles. The largest absolute Gasteiger partial charge is 0.269 e. The number of hydrogen-bond donors (Lipinski definition) is 2. The highest BCUT2D eigenvalue weighted by Crippen LogP contribution is 2.11. The molecule has 0 amide bonds. The van der Waals surface area contributed by atoms with Gasteiger partial charge >= 0.3 is 0 Å². The Morgan fingerprint density at radius 1 is 0.808 bits per heavy atom. The second-order valence-electron chi connectivity index (χ2n) is 4.77. The van der Waals surface area contributed by atoms with E-state index in [0.717, 1.165) is 0 Å². The molecule has 0 aromatic heterocycles. The fourth-order valence-electron chi connectivity index (χ4n) is 1.72. The molecule has 26 heavy (non-hydrogen) atoms. The van der Waals surface area contributed by atoms with Crippen molar-refractivity contribution >= 4 is 41.1 Å². The Kier molecular flexibility index (Phi) is 6.40.